The van der Waals surface area contributed by atoms with Crippen LogP contribution in [0.15, 0.2) is 18.2 Å². The smallest absolute Gasteiger partial charge is 0.351 e. The molecule has 1 aromatic heterocycles. The molecular formula is C14H18F3N3. The van der Waals surface area contributed by atoms with E-state index in [0.717, 1.165) is 25.7 Å². The van der Waals surface area contributed by atoms with Crippen LogP contribution >= 0.6 is 0 Å². The van der Waals surface area contributed by atoms with Crippen LogP contribution in [0.4, 0.5) is 19.0 Å². The Morgan fingerprint density at radius 1 is 1.30 bits per heavy atom. The predicted molar refractivity (Wildman–Crippen MR) is 70.5 cm³/mol. The van der Waals surface area contributed by atoms with E-state index < -0.39 is 11.9 Å². The van der Waals surface area contributed by atoms with Crippen LogP contribution in [0.2, 0.25) is 0 Å². The van der Waals surface area contributed by atoms with Gasteiger partial charge in [-0.25, -0.2) is 4.98 Å². The summed E-state index contributed by atoms with van der Waals surface area (Å²) in [7, 11) is 0. The third kappa shape index (κ3) is 2.06. The van der Waals surface area contributed by atoms with E-state index in [0.29, 0.717) is 17.7 Å². The van der Waals surface area contributed by atoms with Gasteiger partial charge in [-0.2, -0.15) is 13.2 Å². The molecule has 3 rings (SSSR count). The normalized spacial score (nSPS) is 28.8. The summed E-state index contributed by atoms with van der Waals surface area (Å²) in [6.07, 6.45) is -4.39. The highest BCUT2D eigenvalue weighted by molar-refractivity contribution is 5.46. The van der Waals surface area contributed by atoms with Gasteiger partial charge in [0.25, 0.3) is 0 Å². The highest BCUT2D eigenvalue weighted by Crippen LogP contribution is 2.43. The zero-order chi connectivity index (χ0) is 14.5. The Morgan fingerprint density at radius 2 is 2.05 bits per heavy atom. The van der Waals surface area contributed by atoms with Crippen LogP contribution in [-0.2, 0) is 6.18 Å². The molecule has 2 atom stereocenters. The first kappa shape index (κ1) is 13.7. The molecule has 20 heavy (non-hydrogen) atoms. The van der Waals surface area contributed by atoms with Gasteiger partial charge in [0.05, 0.1) is 0 Å². The molecule has 0 spiro atoms. The van der Waals surface area contributed by atoms with E-state index in [1.807, 2.05) is 4.90 Å². The van der Waals surface area contributed by atoms with Crippen molar-refractivity contribution >= 4 is 5.82 Å². The van der Waals surface area contributed by atoms with E-state index in [1.165, 1.54) is 6.07 Å². The summed E-state index contributed by atoms with van der Waals surface area (Å²) >= 11 is 0. The van der Waals surface area contributed by atoms with E-state index in [9.17, 15) is 13.2 Å². The van der Waals surface area contributed by atoms with Crippen molar-refractivity contribution < 1.29 is 13.2 Å². The number of fused-ring (bicyclic) bond motifs is 1. The fourth-order valence-electron chi connectivity index (χ4n) is 3.54. The lowest BCUT2D eigenvalue weighted by molar-refractivity contribution is -0.141. The number of anilines is 1. The van der Waals surface area contributed by atoms with Crippen molar-refractivity contribution in [2.45, 2.75) is 25.6 Å². The molecule has 0 amide bonds. The van der Waals surface area contributed by atoms with Gasteiger partial charge in [-0.1, -0.05) is 6.07 Å². The topological polar surface area (TPSA) is 28.2 Å². The molecule has 0 aromatic carbocycles. The van der Waals surface area contributed by atoms with Crippen molar-refractivity contribution in [3.63, 3.8) is 0 Å². The molecule has 3 nitrogen and oxygen atoms in total. The molecule has 2 aliphatic rings. The van der Waals surface area contributed by atoms with Crippen molar-refractivity contribution in [2.75, 3.05) is 24.5 Å². The second-order valence-corrected chi connectivity index (χ2v) is 6.17. The van der Waals surface area contributed by atoms with Crippen molar-refractivity contribution in [1.29, 1.82) is 0 Å². The SMILES string of the molecule is CC1(C)C2CNCC2CN1c1cccc(C(F)(F)F)n1. The number of alkyl halides is 3. The van der Waals surface area contributed by atoms with E-state index in [4.69, 9.17) is 0 Å². The number of nitrogens with zero attached hydrogens (tertiary/aromatic N) is 2. The molecule has 2 aliphatic heterocycles. The largest absolute Gasteiger partial charge is 0.433 e. The maximum Gasteiger partial charge on any atom is 0.433 e. The van der Waals surface area contributed by atoms with Crippen LogP contribution < -0.4 is 10.2 Å². The van der Waals surface area contributed by atoms with Gasteiger partial charge in [0, 0.05) is 25.2 Å². The number of rotatable bonds is 1. The lowest BCUT2D eigenvalue weighted by Gasteiger charge is -2.36. The molecule has 110 valence electrons. The van der Waals surface area contributed by atoms with Gasteiger partial charge in [0.1, 0.15) is 11.5 Å². The average Bonchev–Trinajstić information content (AvgIpc) is 2.91. The standard InChI is InChI=1S/C14H18F3N3/c1-13(2)10-7-18-6-9(10)8-20(13)12-5-3-4-11(19-12)14(15,16)17/h3-5,9-10,18H,6-8H2,1-2H3. The zero-order valence-electron chi connectivity index (χ0n) is 11.5. The third-order valence-electron chi connectivity index (χ3n) is 4.66. The lowest BCUT2D eigenvalue weighted by Crippen LogP contribution is -2.45. The quantitative estimate of drug-likeness (QED) is 0.859. The summed E-state index contributed by atoms with van der Waals surface area (Å²) in [5.41, 5.74) is -0.994. The third-order valence-corrected chi connectivity index (χ3v) is 4.66. The minimum atomic E-state index is -4.39. The van der Waals surface area contributed by atoms with Crippen LogP contribution in [0.1, 0.15) is 19.5 Å². The highest BCUT2D eigenvalue weighted by atomic mass is 19.4. The number of halogens is 3. The summed E-state index contributed by atoms with van der Waals surface area (Å²) in [6, 6.07) is 4.13. The first-order valence-corrected chi connectivity index (χ1v) is 6.83. The van der Waals surface area contributed by atoms with Crippen molar-refractivity contribution in [3.8, 4) is 0 Å². The van der Waals surface area contributed by atoms with Gasteiger partial charge >= 0.3 is 6.18 Å². The fourth-order valence-corrected chi connectivity index (χ4v) is 3.54. The van der Waals surface area contributed by atoms with Gasteiger partial charge in [0.2, 0.25) is 0 Å². The number of hydrogen-bond donors (Lipinski definition) is 1. The predicted octanol–water partition coefficient (Wildman–Crippen LogP) is 2.53. The molecule has 1 N–H and O–H groups in total. The summed E-state index contributed by atoms with van der Waals surface area (Å²) in [4.78, 5) is 5.86. The molecule has 0 radical (unpaired) electrons. The molecule has 0 saturated carbocycles. The van der Waals surface area contributed by atoms with E-state index >= 15 is 0 Å². The number of pyridine rings is 1. The molecular weight excluding hydrogens is 267 g/mol. The van der Waals surface area contributed by atoms with Gasteiger partial charge in [-0.3, -0.25) is 0 Å². The van der Waals surface area contributed by atoms with E-state index in [2.05, 4.69) is 24.1 Å². The summed E-state index contributed by atoms with van der Waals surface area (Å²) < 4.78 is 38.4. The number of aromatic nitrogens is 1. The highest BCUT2D eigenvalue weighted by Gasteiger charge is 2.50. The molecule has 2 saturated heterocycles. The number of nitrogens with one attached hydrogen (secondary N) is 1. The first-order chi connectivity index (χ1) is 9.30. The minimum Gasteiger partial charge on any atom is -0.351 e. The van der Waals surface area contributed by atoms with Gasteiger partial charge in [-0.05, 0) is 37.8 Å². The molecule has 3 heterocycles. The first-order valence-electron chi connectivity index (χ1n) is 6.83. The van der Waals surface area contributed by atoms with Crippen LogP contribution in [0.5, 0.6) is 0 Å². The Labute approximate surface area is 116 Å². The van der Waals surface area contributed by atoms with Crippen LogP contribution in [0, 0.1) is 11.8 Å². The molecule has 2 unspecified atom stereocenters. The summed E-state index contributed by atoms with van der Waals surface area (Å²) in [5, 5.41) is 3.36. The monoisotopic (exact) mass is 285 g/mol. The van der Waals surface area contributed by atoms with Crippen LogP contribution in [0.3, 0.4) is 0 Å². The second kappa shape index (κ2) is 4.35. The van der Waals surface area contributed by atoms with E-state index in [1.54, 1.807) is 6.07 Å². The van der Waals surface area contributed by atoms with Gasteiger partial charge in [0.15, 0.2) is 0 Å². The second-order valence-electron chi connectivity index (χ2n) is 6.17. The minimum absolute atomic E-state index is 0.175. The number of hydrogen-bond acceptors (Lipinski definition) is 3. The Kier molecular flexibility index (Phi) is 2.97. The molecule has 1 aromatic rings. The lowest BCUT2D eigenvalue weighted by atomic mass is 9.85. The van der Waals surface area contributed by atoms with Crippen molar-refractivity contribution in [1.82, 2.24) is 10.3 Å². The molecule has 2 fully saturated rings. The maximum absolute atomic E-state index is 12.8. The Hall–Kier alpha value is -1.30. The fraction of sp³-hybridized carbons (Fsp3) is 0.643. The molecule has 0 bridgehead atoms. The molecule has 0 aliphatic carbocycles. The average molecular weight is 285 g/mol. The van der Waals surface area contributed by atoms with Crippen molar-refractivity contribution in [3.05, 3.63) is 23.9 Å². The maximum atomic E-state index is 12.8. The Bertz CT molecular complexity index is 513. The Morgan fingerprint density at radius 3 is 2.70 bits per heavy atom. The van der Waals surface area contributed by atoms with Crippen LogP contribution in [-0.4, -0.2) is 30.2 Å². The summed E-state index contributed by atoms with van der Waals surface area (Å²) in [6.45, 7) is 6.80. The Balaban J connectivity index is 1.94. The van der Waals surface area contributed by atoms with Gasteiger partial charge < -0.3 is 10.2 Å². The summed E-state index contributed by atoms with van der Waals surface area (Å²) in [5.74, 6) is 1.37. The van der Waals surface area contributed by atoms with Crippen molar-refractivity contribution in [2.24, 2.45) is 11.8 Å². The zero-order valence-corrected chi connectivity index (χ0v) is 11.5. The van der Waals surface area contributed by atoms with E-state index in [-0.39, 0.29) is 5.54 Å². The molecule has 6 heteroatoms. The van der Waals surface area contributed by atoms with Gasteiger partial charge in [-0.15, -0.1) is 0 Å². The van der Waals surface area contributed by atoms with Crippen LogP contribution in [0.25, 0.3) is 0 Å².